The highest BCUT2D eigenvalue weighted by atomic mass is 16.5. The third-order valence-corrected chi connectivity index (χ3v) is 6.75. The molecule has 0 aromatic heterocycles. The largest absolute Gasteiger partial charge is 0.365 e. The van der Waals surface area contributed by atoms with Crippen LogP contribution in [0.1, 0.15) is 47.2 Å². The van der Waals surface area contributed by atoms with E-state index in [9.17, 15) is 9.59 Å². The molecule has 1 aromatic rings. The van der Waals surface area contributed by atoms with Gasteiger partial charge in [0.05, 0.1) is 6.10 Å². The molecule has 1 atom stereocenters. The highest BCUT2D eigenvalue weighted by Crippen LogP contribution is 2.31. The number of carbonyl (C=O) groups is 2. The lowest BCUT2D eigenvalue weighted by molar-refractivity contribution is -0.149. The fourth-order valence-corrected chi connectivity index (χ4v) is 4.59. The Morgan fingerprint density at radius 3 is 2.57 bits per heavy atom. The van der Waals surface area contributed by atoms with Crippen LogP contribution < -0.4 is 5.32 Å². The van der Waals surface area contributed by atoms with Gasteiger partial charge >= 0.3 is 0 Å². The van der Waals surface area contributed by atoms with Crippen molar-refractivity contribution in [3.05, 3.63) is 34.9 Å². The van der Waals surface area contributed by atoms with E-state index in [4.69, 9.17) is 4.74 Å². The zero-order valence-electron chi connectivity index (χ0n) is 18.4. The van der Waals surface area contributed by atoms with Gasteiger partial charge in [0.1, 0.15) is 6.61 Å². The molecule has 4 rings (SSSR count). The molecule has 1 aliphatic carbocycles. The summed E-state index contributed by atoms with van der Waals surface area (Å²) in [7, 11) is 0. The quantitative estimate of drug-likeness (QED) is 0.746. The minimum absolute atomic E-state index is 0.0764. The van der Waals surface area contributed by atoms with Crippen LogP contribution in [-0.4, -0.2) is 73.6 Å². The average molecular weight is 414 g/mol. The molecule has 0 bridgehead atoms. The molecule has 0 unspecified atom stereocenters. The monoisotopic (exact) mass is 413 g/mol. The highest BCUT2D eigenvalue weighted by molar-refractivity contribution is 5.95. The lowest BCUT2D eigenvalue weighted by Gasteiger charge is -2.38. The van der Waals surface area contributed by atoms with E-state index in [2.05, 4.69) is 10.2 Å². The lowest BCUT2D eigenvalue weighted by atomic mass is 9.95. The van der Waals surface area contributed by atoms with Crippen molar-refractivity contribution in [3.8, 4) is 0 Å². The van der Waals surface area contributed by atoms with E-state index in [1.54, 1.807) is 0 Å². The van der Waals surface area contributed by atoms with Crippen LogP contribution in [0.4, 0.5) is 0 Å². The molecule has 2 amide bonds. The van der Waals surface area contributed by atoms with Gasteiger partial charge < -0.3 is 19.9 Å². The van der Waals surface area contributed by atoms with Crippen LogP contribution in [0.3, 0.4) is 0 Å². The number of aryl methyl sites for hydroxylation is 2. The Labute approximate surface area is 179 Å². The summed E-state index contributed by atoms with van der Waals surface area (Å²) in [6, 6.07) is 5.89. The predicted molar refractivity (Wildman–Crippen MR) is 116 cm³/mol. The van der Waals surface area contributed by atoms with Crippen LogP contribution in [0, 0.1) is 25.7 Å². The van der Waals surface area contributed by atoms with E-state index in [0.29, 0.717) is 24.6 Å². The Balaban J connectivity index is 1.23. The Morgan fingerprint density at radius 2 is 1.83 bits per heavy atom. The van der Waals surface area contributed by atoms with Gasteiger partial charge in [-0.1, -0.05) is 17.7 Å². The number of carbonyl (C=O) groups excluding carboxylic acids is 2. The first-order chi connectivity index (χ1) is 14.5. The maximum atomic E-state index is 12.6. The second kappa shape index (κ2) is 9.48. The Kier molecular flexibility index (Phi) is 6.74. The van der Waals surface area contributed by atoms with E-state index in [-0.39, 0.29) is 24.5 Å². The molecule has 0 radical (unpaired) electrons. The van der Waals surface area contributed by atoms with Crippen LogP contribution in [0.5, 0.6) is 0 Å². The van der Waals surface area contributed by atoms with Gasteiger partial charge in [-0.05, 0) is 76.1 Å². The maximum absolute atomic E-state index is 12.6. The standard InChI is InChI=1S/C24H35N3O3/c1-17-3-4-18(2)22(11-17)24(29)25-12-21-15-27(23(28)16-30-21)14-20-7-9-26(10-8-20)13-19-5-6-19/h3-4,11,19-21H,5-10,12-16H2,1-2H3,(H,25,29)/t21-/m1/s1. The van der Waals surface area contributed by atoms with Crippen molar-refractivity contribution in [2.45, 2.75) is 45.6 Å². The summed E-state index contributed by atoms with van der Waals surface area (Å²) >= 11 is 0. The van der Waals surface area contributed by atoms with Gasteiger partial charge in [-0.25, -0.2) is 0 Å². The summed E-state index contributed by atoms with van der Waals surface area (Å²) in [6.07, 6.45) is 5.01. The fourth-order valence-electron chi connectivity index (χ4n) is 4.59. The first-order valence-corrected chi connectivity index (χ1v) is 11.4. The van der Waals surface area contributed by atoms with Crippen molar-refractivity contribution >= 4 is 11.8 Å². The summed E-state index contributed by atoms with van der Waals surface area (Å²) in [5.74, 6) is 1.52. The molecule has 164 valence electrons. The molecule has 6 nitrogen and oxygen atoms in total. The molecule has 1 saturated carbocycles. The minimum atomic E-state index is -0.147. The number of nitrogens with zero attached hydrogens (tertiary/aromatic N) is 2. The second-order valence-electron chi connectivity index (χ2n) is 9.45. The Bertz CT molecular complexity index is 769. The first kappa shape index (κ1) is 21.3. The molecule has 2 heterocycles. The number of hydrogen-bond acceptors (Lipinski definition) is 4. The third kappa shape index (κ3) is 5.61. The van der Waals surface area contributed by atoms with E-state index in [0.717, 1.165) is 36.7 Å². The van der Waals surface area contributed by atoms with Crippen molar-refractivity contribution in [1.82, 2.24) is 15.1 Å². The molecule has 6 heteroatoms. The summed E-state index contributed by atoms with van der Waals surface area (Å²) in [5.41, 5.74) is 2.74. The van der Waals surface area contributed by atoms with Gasteiger partial charge in [-0.2, -0.15) is 0 Å². The number of piperidine rings is 1. The molecule has 1 aromatic carbocycles. The van der Waals surface area contributed by atoms with Gasteiger partial charge in [-0.15, -0.1) is 0 Å². The number of ether oxygens (including phenoxy) is 1. The van der Waals surface area contributed by atoms with Crippen molar-refractivity contribution in [3.63, 3.8) is 0 Å². The van der Waals surface area contributed by atoms with E-state index in [1.807, 2.05) is 36.9 Å². The normalized spacial score (nSPS) is 23.6. The highest BCUT2D eigenvalue weighted by Gasteiger charge is 2.31. The predicted octanol–water partition coefficient (Wildman–Crippen LogP) is 2.38. The molecule has 2 aliphatic heterocycles. The van der Waals surface area contributed by atoms with Gasteiger partial charge in [0.25, 0.3) is 5.91 Å². The molecular formula is C24H35N3O3. The number of morpholine rings is 1. The van der Waals surface area contributed by atoms with Crippen LogP contribution in [0.2, 0.25) is 0 Å². The summed E-state index contributed by atoms with van der Waals surface area (Å²) in [5, 5.41) is 3.00. The van der Waals surface area contributed by atoms with Crippen LogP contribution >= 0.6 is 0 Å². The average Bonchev–Trinajstić information content (AvgIpc) is 3.55. The van der Waals surface area contributed by atoms with Crippen molar-refractivity contribution in [2.75, 3.05) is 45.9 Å². The van der Waals surface area contributed by atoms with Crippen molar-refractivity contribution in [2.24, 2.45) is 11.8 Å². The van der Waals surface area contributed by atoms with E-state index in [1.165, 1.54) is 32.2 Å². The summed E-state index contributed by atoms with van der Waals surface area (Å²) in [4.78, 5) is 29.5. The maximum Gasteiger partial charge on any atom is 0.251 e. The Hall–Kier alpha value is -1.92. The smallest absolute Gasteiger partial charge is 0.251 e. The Morgan fingerprint density at radius 1 is 1.10 bits per heavy atom. The molecule has 3 aliphatic rings. The van der Waals surface area contributed by atoms with E-state index < -0.39 is 0 Å². The van der Waals surface area contributed by atoms with Gasteiger partial charge in [0.15, 0.2) is 0 Å². The molecule has 1 N–H and O–H groups in total. The topological polar surface area (TPSA) is 61.9 Å². The van der Waals surface area contributed by atoms with Gasteiger partial charge in [-0.3, -0.25) is 9.59 Å². The molecule has 30 heavy (non-hydrogen) atoms. The molecule has 2 saturated heterocycles. The molecule has 3 fully saturated rings. The van der Waals surface area contributed by atoms with Crippen molar-refractivity contribution < 1.29 is 14.3 Å². The number of rotatable bonds is 7. The lowest BCUT2D eigenvalue weighted by Crippen LogP contribution is -2.52. The van der Waals surface area contributed by atoms with Crippen LogP contribution in [0.25, 0.3) is 0 Å². The number of hydrogen-bond donors (Lipinski definition) is 1. The summed E-state index contributed by atoms with van der Waals surface area (Å²) in [6.45, 7) is 9.45. The minimum Gasteiger partial charge on any atom is -0.365 e. The zero-order valence-corrected chi connectivity index (χ0v) is 18.4. The number of benzene rings is 1. The van der Waals surface area contributed by atoms with Gasteiger partial charge in [0, 0.05) is 31.7 Å². The van der Waals surface area contributed by atoms with Crippen LogP contribution in [0.15, 0.2) is 18.2 Å². The zero-order chi connectivity index (χ0) is 21.1. The van der Waals surface area contributed by atoms with Crippen molar-refractivity contribution in [1.29, 1.82) is 0 Å². The third-order valence-electron chi connectivity index (χ3n) is 6.75. The SMILES string of the molecule is Cc1ccc(C)c(C(=O)NC[C@@H]2CN(CC3CCN(CC4CC4)CC3)C(=O)CO2)c1. The molecule has 0 spiro atoms. The van der Waals surface area contributed by atoms with Crippen LogP contribution in [-0.2, 0) is 9.53 Å². The number of nitrogens with one attached hydrogen (secondary N) is 1. The number of amides is 2. The molecular weight excluding hydrogens is 378 g/mol. The van der Waals surface area contributed by atoms with Gasteiger partial charge in [0.2, 0.25) is 5.91 Å². The first-order valence-electron chi connectivity index (χ1n) is 11.4. The van der Waals surface area contributed by atoms with E-state index >= 15 is 0 Å². The number of likely N-dealkylation sites (tertiary alicyclic amines) is 1. The summed E-state index contributed by atoms with van der Waals surface area (Å²) < 4.78 is 5.70. The fraction of sp³-hybridized carbons (Fsp3) is 0.667. The second-order valence-corrected chi connectivity index (χ2v) is 9.45.